The molecule has 7 heteroatoms. The molecule has 6 nitrogen and oxygen atoms in total. The van der Waals surface area contributed by atoms with Gasteiger partial charge in [-0.15, -0.1) is 0 Å². The predicted molar refractivity (Wildman–Crippen MR) is 112 cm³/mol. The lowest BCUT2D eigenvalue weighted by Gasteiger charge is -2.59. The van der Waals surface area contributed by atoms with Crippen molar-refractivity contribution in [1.82, 2.24) is 5.32 Å². The zero-order chi connectivity index (χ0) is 20.8. The van der Waals surface area contributed by atoms with Crippen molar-refractivity contribution < 1.29 is 13.2 Å². The molecule has 1 atom stereocenters. The van der Waals surface area contributed by atoms with Crippen LogP contribution >= 0.6 is 0 Å². The number of nitrogens with one attached hydrogen (secondary N) is 1. The molecule has 5 rings (SSSR count). The number of carbonyl (C=O) groups excluding carboxylic acids is 1. The molecule has 4 aliphatic carbocycles. The van der Waals surface area contributed by atoms with Gasteiger partial charge >= 0.3 is 0 Å². The first-order valence-electron chi connectivity index (χ1n) is 10.5. The van der Waals surface area contributed by atoms with Gasteiger partial charge in [0.1, 0.15) is 6.54 Å². The van der Waals surface area contributed by atoms with Gasteiger partial charge in [-0.3, -0.25) is 9.10 Å². The lowest BCUT2D eigenvalue weighted by molar-refractivity contribution is -0.124. The van der Waals surface area contributed by atoms with E-state index in [0.717, 1.165) is 28.3 Å². The summed E-state index contributed by atoms with van der Waals surface area (Å²) in [5.74, 6) is 2.09. The van der Waals surface area contributed by atoms with Crippen LogP contribution in [0.4, 0.5) is 5.69 Å². The van der Waals surface area contributed by atoms with Crippen molar-refractivity contribution in [3.05, 3.63) is 29.8 Å². The fourth-order valence-electron chi connectivity index (χ4n) is 6.41. The SMILES string of the molecule is C[C@H](NC(=O)CN(c1cccc(C#N)c1)S(C)(=O)=O)C12CC3CC(CC(C3)C1)C2. The Morgan fingerprint density at radius 3 is 2.34 bits per heavy atom. The summed E-state index contributed by atoms with van der Waals surface area (Å²) in [7, 11) is -3.66. The number of rotatable bonds is 6. The van der Waals surface area contributed by atoms with Gasteiger partial charge in [0.25, 0.3) is 0 Å². The van der Waals surface area contributed by atoms with E-state index in [2.05, 4.69) is 12.2 Å². The highest BCUT2D eigenvalue weighted by atomic mass is 32.2. The second-order valence-corrected chi connectivity index (χ2v) is 11.4. The average molecular weight is 416 g/mol. The van der Waals surface area contributed by atoms with Gasteiger partial charge in [0.2, 0.25) is 15.9 Å². The molecule has 0 heterocycles. The van der Waals surface area contributed by atoms with E-state index >= 15 is 0 Å². The van der Waals surface area contributed by atoms with Crippen LogP contribution in [0.3, 0.4) is 0 Å². The largest absolute Gasteiger partial charge is 0.352 e. The molecule has 0 unspecified atom stereocenters. The zero-order valence-corrected chi connectivity index (χ0v) is 17.9. The minimum atomic E-state index is -3.66. The smallest absolute Gasteiger partial charge is 0.241 e. The molecule has 0 aromatic heterocycles. The second-order valence-electron chi connectivity index (χ2n) is 9.50. The summed E-state index contributed by atoms with van der Waals surface area (Å²) in [4.78, 5) is 12.8. The Morgan fingerprint density at radius 2 is 1.83 bits per heavy atom. The molecule has 29 heavy (non-hydrogen) atoms. The molecule has 1 aromatic carbocycles. The van der Waals surface area contributed by atoms with Crippen molar-refractivity contribution in [1.29, 1.82) is 5.26 Å². The number of nitrogens with zero attached hydrogens (tertiary/aromatic N) is 2. The number of sulfonamides is 1. The molecule has 0 radical (unpaired) electrons. The minimum Gasteiger partial charge on any atom is -0.352 e. The summed E-state index contributed by atoms with van der Waals surface area (Å²) in [6.45, 7) is 1.82. The maximum absolute atomic E-state index is 12.8. The van der Waals surface area contributed by atoms with E-state index < -0.39 is 10.0 Å². The van der Waals surface area contributed by atoms with Crippen LogP contribution in [0.5, 0.6) is 0 Å². The Hall–Kier alpha value is -2.07. The van der Waals surface area contributed by atoms with Gasteiger partial charge in [0.15, 0.2) is 0 Å². The Morgan fingerprint density at radius 1 is 1.24 bits per heavy atom. The molecule has 1 aromatic rings. The predicted octanol–water partition coefficient (Wildman–Crippen LogP) is 3.05. The number of nitriles is 1. The summed E-state index contributed by atoms with van der Waals surface area (Å²) in [5.41, 5.74) is 0.865. The lowest BCUT2D eigenvalue weighted by Crippen LogP contribution is -2.57. The van der Waals surface area contributed by atoms with Gasteiger partial charge in [0.05, 0.1) is 23.6 Å². The van der Waals surface area contributed by atoms with Crippen molar-refractivity contribution in [3.8, 4) is 6.07 Å². The molecule has 4 aliphatic rings. The van der Waals surface area contributed by atoms with E-state index in [1.165, 1.54) is 44.6 Å². The van der Waals surface area contributed by atoms with Crippen LogP contribution in [0.25, 0.3) is 0 Å². The number of hydrogen-bond donors (Lipinski definition) is 1. The molecule has 0 spiro atoms. The van der Waals surface area contributed by atoms with E-state index in [4.69, 9.17) is 5.26 Å². The van der Waals surface area contributed by atoms with Gasteiger partial charge in [-0.05, 0) is 86.8 Å². The van der Waals surface area contributed by atoms with Crippen LogP contribution in [0.15, 0.2) is 24.3 Å². The molecular formula is C22H29N3O3S. The normalized spacial score (nSPS) is 31.1. The van der Waals surface area contributed by atoms with Crippen LogP contribution in [-0.2, 0) is 14.8 Å². The van der Waals surface area contributed by atoms with E-state index in [1.54, 1.807) is 18.2 Å². The highest BCUT2D eigenvalue weighted by molar-refractivity contribution is 7.92. The molecule has 0 saturated heterocycles. The highest BCUT2D eigenvalue weighted by Gasteiger charge is 2.53. The Bertz CT molecular complexity index is 915. The third kappa shape index (κ3) is 4.00. The number of benzene rings is 1. The Balaban J connectivity index is 1.48. The maximum atomic E-state index is 12.8. The molecule has 156 valence electrons. The molecule has 4 fully saturated rings. The van der Waals surface area contributed by atoms with Crippen LogP contribution < -0.4 is 9.62 Å². The molecule has 4 bridgehead atoms. The van der Waals surface area contributed by atoms with Crippen LogP contribution in [-0.4, -0.2) is 33.2 Å². The van der Waals surface area contributed by atoms with Crippen LogP contribution in [0.2, 0.25) is 0 Å². The molecule has 1 amide bonds. The second kappa shape index (κ2) is 7.32. The number of hydrogen-bond acceptors (Lipinski definition) is 4. The van der Waals surface area contributed by atoms with Crippen molar-refractivity contribution in [2.75, 3.05) is 17.1 Å². The molecular weight excluding hydrogens is 386 g/mol. The summed E-state index contributed by atoms with van der Waals surface area (Å²) < 4.78 is 25.8. The number of anilines is 1. The molecule has 4 saturated carbocycles. The van der Waals surface area contributed by atoms with Crippen molar-refractivity contribution in [3.63, 3.8) is 0 Å². The zero-order valence-electron chi connectivity index (χ0n) is 17.1. The van der Waals surface area contributed by atoms with Gasteiger partial charge in [-0.1, -0.05) is 6.07 Å². The van der Waals surface area contributed by atoms with Gasteiger partial charge < -0.3 is 5.32 Å². The van der Waals surface area contributed by atoms with Crippen LogP contribution in [0.1, 0.15) is 51.0 Å². The van der Waals surface area contributed by atoms with Gasteiger partial charge in [0, 0.05) is 6.04 Å². The first kappa shape index (κ1) is 20.2. The highest BCUT2D eigenvalue weighted by Crippen LogP contribution is 2.61. The summed E-state index contributed by atoms with van der Waals surface area (Å²) in [6.07, 6.45) is 8.66. The fourth-order valence-corrected chi connectivity index (χ4v) is 7.26. The topological polar surface area (TPSA) is 90.3 Å². The van der Waals surface area contributed by atoms with Crippen molar-refractivity contribution in [2.45, 2.75) is 51.5 Å². The average Bonchev–Trinajstić information content (AvgIpc) is 2.64. The minimum absolute atomic E-state index is 0.0373. The fraction of sp³-hybridized carbons (Fsp3) is 0.636. The Labute approximate surface area is 173 Å². The summed E-state index contributed by atoms with van der Waals surface area (Å²) in [6, 6.07) is 8.39. The van der Waals surface area contributed by atoms with Gasteiger partial charge in [-0.2, -0.15) is 5.26 Å². The quantitative estimate of drug-likeness (QED) is 0.773. The maximum Gasteiger partial charge on any atom is 0.241 e. The van der Waals surface area contributed by atoms with E-state index in [-0.39, 0.29) is 23.9 Å². The van der Waals surface area contributed by atoms with Crippen molar-refractivity contribution in [2.24, 2.45) is 23.2 Å². The third-order valence-corrected chi connectivity index (χ3v) is 8.47. The standard InChI is InChI=1S/C22H29N3O3S/c1-15(22-10-17-6-18(11-22)8-19(7-17)12-22)24-21(26)14-25(29(2,27)28)20-5-3-4-16(9-20)13-23/h3-5,9,15,17-19H,6-8,10-12,14H2,1-2H3,(H,24,26)/t15-,17?,18?,19?,22?/m0/s1. The monoisotopic (exact) mass is 415 g/mol. The first-order chi connectivity index (χ1) is 13.7. The van der Waals surface area contributed by atoms with Gasteiger partial charge in [-0.25, -0.2) is 8.42 Å². The lowest BCUT2D eigenvalue weighted by atomic mass is 9.48. The summed E-state index contributed by atoms with van der Waals surface area (Å²) in [5, 5.41) is 12.2. The van der Waals surface area contributed by atoms with E-state index in [0.29, 0.717) is 11.3 Å². The van der Waals surface area contributed by atoms with E-state index in [1.807, 2.05) is 6.07 Å². The number of amides is 1. The van der Waals surface area contributed by atoms with Crippen molar-refractivity contribution >= 4 is 21.6 Å². The molecule has 0 aliphatic heterocycles. The number of carbonyl (C=O) groups is 1. The van der Waals surface area contributed by atoms with E-state index in [9.17, 15) is 13.2 Å². The molecule has 1 N–H and O–H groups in total. The third-order valence-electron chi connectivity index (χ3n) is 7.33. The first-order valence-corrected chi connectivity index (χ1v) is 12.3. The van der Waals surface area contributed by atoms with Crippen LogP contribution in [0, 0.1) is 34.5 Å². The Kier molecular flexibility index (Phi) is 5.10. The summed E-state index contributed by atoms with van der Waals surface area (Å²) >= 11 is 0.